The molecule has 3 heterocycles. The van der Waals surface area contributed by atoms with Crippen LogP contribution in [0.5, 0.6) is 0 Å². The fraction of sp³-hybridized carbons (Fsp3) is 0.560. The Morgan fingerprint density at radius 2 is 1.72 bits per heavy atom. The van der Waals surface area contributed by atoms with Crippen LogP contribution in [0, 0.1) is 6.92 Å². The van der Waals surface area contributed by atoms with Crippen molar-refractivity contribution in [2.75, 3.05) is 32.4 Å². The number of aromatic nitrogens is 2. The number of benzene rings is 1. The zero-order valence-corrected chi connectivity index (χ0v) is 23.0. The van der Waals surface area contributed by atoms with Gasteiger partial charge in [-0.2, -0.15) is 0 Å². The molecule has 1 amide bonds. The van der Waals surface area contributed by atoms with Crippen molar-refractivity contribution in [1.29, 1.82) is 0 Å². The number of aryl methyl sites for hydroxylation is 2. The van der Waals surface area contributed by atoms with Crippen LogP contribution in [0.15, 0.2) is 24.5 Å². The van der Waals surface area contributed by atoms with Crippen molar-refractivity contribution in [2.45, 2.75) is 57.5 Å². The number of nitrogens with zero attached hydrogens (tertiary/aromatic N) is 4. The van der Waals surface area contributed by atoms with Gasteiger partial charge in [-0.25, -0.2) is 23.1 Å². The van der Waals surface area contributed by atoms with Crippen molar-refractivity contribution >= 4 is 39.1 Å². The van der Waals surface area contributed by atoms with Crippen molar-refractivity contribution in [3.8, 4) is 0 Å². The lowest BCUT2D eigenvalue weighted by Crippen LogP contribution is -2.51. The minimum Gasteiger partial charge on any atom is -0.337 e. The number of halogens is 2. The van der Waals surface area contributed by atoms with Crippen LogP contribution in [0.4, 0.5) is 0 Å². The van der Waals surface area contributed by atoms with Crippen LogP contribution in [0.25, 0.3) is 0 Å². The van der Waals surface area contributed by atoms with Crippen LogP contribution in [-0.4, -0.2) is 78.6 Å². The van der Waals surface area contributed by atoms with Crippen molar-refractivity contribution in [1.82, 2.24) is 24.5 Å². The molecule has 2 aliphatic heterocycles. The Morgan fingerprint density at radius 3 is 2.36 bits per heavy atom. The summed E-state index contributed by atoms with van der Waals surface area (Å²) in [7, 11) is -3.17. The van der Waals surface area contributed by atoms with Gasteiger partial charge in [0.2, 0.25) is 10.0 Å². The summed E-state index contributed by atoms with van der Waals surface area (Å²) in [6.45, 7) is 5.04. The monoisotopic (exact) mass is 553 g/mol. The minimum atomic E-state index is -3.17. The molecule has 2 saturated heterocycles. The first-order chi connectivity index (χ1) is 17.1. The Labute approximate surface area is 223 Å². The number of hydrogen-bond acceptors (Lipinski definition) is 6. The molecule has 36 heavy (non-hydrogen) atoms. The smallest absolute Gasteiger partial charge is 0.272 e. The molecule has 0 atom stereocenters. The number of piperidine rings is 2. The van der Waals surface area contributed by atoms with Gasteiger partial charge < -0.3 is 9.80 Å². The van der Waals surface area contributed by atoms with Crippen molar-refractivity contribution in [2.24, 2.45) is 0 Å². The summed E-state index contributed by atoms with van der Waals surface area (Å²) >= 11 is 12.1. The second-order valence-corrected chi connectivity index (χ2v) is 12.4. The second kappa shape index (κ2) is 11.7. The number of hydrogen-bond donors (Lipinski definition) is 1. The zero-order chi connectivity index (χ0) is 25.9. The van der Waals surface area contributed by atoms with Crippen molar-refractivity contribution in [3.05, 3.63) is 57.1 Å². The standard InChI is InChI=1S/C25H33Cl2N5O3S/c1-17-23(6-4-18-3-5-21(26)22(27)15-18)28-16-29-24(17)25(33)32-13-9-20(10-14-32)31-11-7-19(8-12-31)30-36(2,34)35/h3,5,15-16,19-20,30H,4,6-14H2,1-2H3. The molecule has 2 aromatic rings. The maximum Gasteiger partial charge on any atom is 0.272 e. The number of carbonyl (C=O) groups is 1. The lowest BCUT2D eigenvalue weighted by molar-refractivity contribution is 0.0570. The molecule has 0 unspecified atom stereocenters. The Kier molecular flexibility index (Phi) is 8.88. The SMILES string of the molecule is Cc1c(CCc2ccc(Cl)c(Cl)c2)ncnc1C(=O)N1CCC(N2CCC(NS(C)(=O)=O)CC2)CC1. The topological polar surface area (TPSA) is 95.5 Å². The van der Waals surface area contributed by atoms with E-state index in [1.807, 2.05) is 24.0 Å². The van der Waals surface area contributed by atoms with Crippen LogP contribution in [0.2, 0.25) is 10.0 Å². The van der Waals surface area contributed by atoms with Gasteiger partial charge in [-0.1, -0.05) is 29.3 Å². The number of sulfonamides is 1. The minimum absolute atomic E-state index is 0.0181. The molecule has 2 fully saturated rings. The van der Waals surface area contributed by atoms with Crippen LogP contribution in [0.1, 0.15) is 53.0 Å². The van der Waals surface area contributed by atoms with Gasteiger partial charge in [0, 0.05) is 36.4 Å². The maximum atomic E-state index is 13.3. The van der Waals surface area contributed by atoms with Gasteiger partial charge in [-0.05, 0) is 76.2 Å². The Morgan fingerprint density at radius 1 is 1.03 bits per heavy atom. The lowest BCUT2D eigenvalue weighted by Gasteiger charge is -2.41. The Balaban J connectivity index is 1.31. The van der Waals surface area contributed by atoms with Gasteiger partial charge >= 0.3 is 0 Å². The fourth-order valence-corrected chi connectivity index (χ4v) is 6.34. The third kappa shape index (κ3) is 6.95. The van der Waals surface area contributed by atoms with E-state index in [1.54, 1.807) is 6.07 Å². The van der Waals surface area contributed by atoms with E-state index in [9.17, 15) is 13.2 Å². The maximum absolute atomic E-state index is 13.3. The number of rotatable bonds is 7. The molecular formula is C25H33Cl2N5O3S. The molecule has 0 saturated carbocycles. The molecule has 1 aromatic heterocycles. The van der Waals surface area contributed by atoms with E-state index in [4.69, 9.17) is 23.2 Å². The molecule has 0 radical (unpaired) electrons. The summed E-state index contributed by atoms with van der Waals surface area (Å²) < 4.78 is 25.7. The van der Waals surface area contributed by atoms with Gasteiger partial charge in [0.05, 0.1) is 16.3 Å². The third-order valence-corrected chi connectivity index (χ3v) is 8.70. The summed E-state index contributed by atoms with van der Waals surface area (Å²) in [5.74, 6) is -0.0415. The summed E-state index contributed by atoms with van der Waals surface area (Å²) in [6, 6.07) is 6.04. The predicted octanol–water partition coefficient (Wildman–Crippen LogP) is 3.50. The van der Waals surface area contributed by atoms with E-state index in [1.165, 1.54) is 12.6 Å². The highest BCUT2D eigenvalue weighted by molar-refractivity contribution is 7.88. The van der Waals surface area contributed by atoms with Crippen LogP contribution >= 0.6 is 23.2 Å². The van der Waals surface area contributed by atoms with Crippen LogP contribution in [0.3, 0.4) is 0 Å². The normalized spacial score (nSPS) is 18.5. The highest BCUT2D eigenvalue weighted by Crippen LogP contribution is 2.25. The summed E-state index contributed by atoms with van der Waals surface area (Å²) in [5, 5.41) is 1.06. The molecule has 2 aliphatic rings. The van der Waals surface area contributed by atoms with Gasteiger partial charge in [0.15, 0.2) is 0 Å². The first-order valence-electron chi connectivity index (χ1n) is 12.4. The number of likely N-dealkylation sites (tertiary alicyclic amines) is 2. The first kappa shape index (κ1) is 27.3. The quantitative estimate of drug-likeness (QED) is 0.563. The summed E-state index contributed by atoms with van der Waals surface area (Å²) in [6.07, 6.45) is 7.56. The Hall–Kier alpha value is -1.78. The van der Waals surface area contributed by atoms with Gasteiger partial charge in [0.25, 0.3) is 5.91 Å². The second-order valence-electron chi connectivity index (χ2n) is 9.77. The zero-order valence-electron chi connectivity index (χ0n) is 20.7. The number of carbonyl (C=O) groups excluding carboxylic acids is 1. The molecular weight excluding hydrogens is 521 g/mol. The third-order valence-electron chi connectivity index (χ3n) is 7.20. The van der Waals surface area contributed by atoms with Gasteiger partial charge in [-0.15, -0.1) is 0 Å². The number of nitrogens with one attached hydrogen (secondary N) is 1. The van der Waals surface area contributed by atoms with Crippen molar-refractivity contribution in [3.63, 3.8) is 0 Å². The average Bonchev–Trinajstić information content (AvgIpc) is 2.85. The fourth-order valence-electron chi connectivity index (χ4n) is 5.18. The van der Waals surface area contributed by atoms with Crippen LogP contribution < -0.4 is 4.72 Å². The van der Waals surface area contributed by atoms with E-state index in [2.05, 4.69) is 19.6 Å². The molecule has 1 aromatic carbocycles. The van der Waals surface area contributed by atoms with E-state index < -0.39 is 10.0 Å². The molecule has 1 N–H and O–H groups in total. The van der Waals surface area contributed by atoms with E-state index >= 15 is 0 Å². The molecule has 8 nitrogen and oxygen atoms in total. The largest absolute Gasteiger partial charge is 0.337 e. The predicted molar refractivity (Wildman–Crippen MR) is 142 cm³/mol. The highest BCUT2D eigenvalue weighted by Gasteiger charge is 2.31. The van der Waals surface area contributed by atoms with Gasteiger partial charge in [0.1, 0.15) is 12.0 Å². The molecule has 0 bridgehead atoms. The van der Waals surface area contributed by atoms with E-state index in [0.29, 0.717) is 41.3 Å². The van der Waals surface area contributed by atoms with Gasteiger partial charge in [-0.3, -0.25) is 4.79 Å². The average molecular weight is 555 g/mol. The molecule has 4 rings (SSSR count). The lowest BCUT2D eigenvalue weighted by atomic mass is 9.97. The summed E-state index contributed by atoms with van der Waals surface area (Å²) in [4.78, 5) is 26.4. The molecule has 0 aliphatic carbocycles. The Bertz CT molecular complexity index is 1190. The van der Waals surface area contributed by atoms with Crippen LogP contribution in [-0.2, 0) is 22.9 Å². The molecule has 0 spiro atoms. The molecule has 196 valence electrons. The van der Waals surface area contributed by atoms with E-state index in [0.717, 1.165) is 62.0 Å². The first-order valence-corrected chi connectivity index (χ1v) is 15.0. The number of amides is 1. The van der Waals surface area contributed by atoms with Crippen molar-refractivity contribution < 1.29 is 13.2 Å². The van der Waals surface area contributed by atoms with E-state index in [-0.39, 0.29) is 11.9 Å². The summed E-state index contributed by atoms with van der Waals surface area (Å²) in [5.41, 5.74) is 3.22. The molecule has 11 heteroatoms. The highest BCUT2D eigenvalue weighted by atomic mass is 35.5.